The van der Waals surface area contributed by atoms with Gasteiger partial charge >= 0.3 is 0 Å². The Hall–Kier alpha value is -1.81. The van der Waals surface area contributed by atoms with Crippen molar-refractivity contribution in [2.24, 2.45) is 0 Å². The molecule has 2 saturated heterocycles. The number of pyridine rings is 1. The summed E-state index contributed by atoms with van der Waals surface area (Å²) in [6.45, 7) is 2.14. The average molecular weight is 311 g/mol. The standard InChI is InChI=1S/C19H25N3O/c1-3-13-10-18(22-9-5-4-6-17(13)22)19(23)20-14-11-15-7-8-16(12-14)21(15)2/h4-6,9-10,14-16H,3,7-8,11-12H2,1-2H3,(H,20,23). The highest BCUT2D eigenvalue weighted by Crippen LogP contribution is 2.34. The molecule has 4 heterocycles. The van der Waals surface area contributed by atoms with E-state index in [-0.39, 0.29) is 5.91 Å². The zero-order chi connectivity index (χ0) is 16.0. The number of amides is 1. The summed E-state index contributed by atoms with van der Waals surface area (Å²) in [5.41, 5.74) is 3.14. The molecule has 1 amide bonds. The molecule has 23 heavy (non-hydrogen) atoms. The zero-order valence-electron chi connectivity index (χ0n) is 14.0. The molecule has 1 N–H and O–H groups in total. The minimum Gasteiger partial charge on any atom is -0.348 e. The Bertz CT molecular complexity index is 721. The van der Waals surface area contributed by atoms with E-state index in [1.165, 1.54) is 18.4 Å². The number of carbonyl (C=O) groups excluding carboxylic acids is 1. The molecule has 2 aromatic rings. The van der Waals surface area contributed by atoms with Crippen molar-refractivity contribution in [3.8, 4) is 0 Å². The molecule has 2 fully saturated rings. The van der Waals surface area contributed by atoms with Gasteiger partial charge in [-0.2, -0.15) is 0 Å². The van der Waals surface area contributed by atoms with Crippen LogP contribution < -0.4 is 5.32 Å². The van der Waals surface area contributed by atoms with Crippen LogP contribution in [-0.2, 0) is 6.42 Å². The molecule has 2 atom stereocenters. The summed E-state index contributed by atoms with van der Waals surface area (Å²) in [6.07, 6.45) is 7.66. The maximum Gasteiger partial charge on any atom is 0.268 e. The lowest BCUT2D eigenvalue weighted by Gasteiger charge is -2.36. The third-order valence-electron chi connectivity index (χ3n) is 5.81. The minimum atomic E-state index is 0.0693. The number of aromatic nitrogens is 1. The number of hydrogen-bond donors (Lipinski definition) is 1. The van der Waals surface area contributed by atoms with Crippen LogP contribution in [0.5, 0.6) is 0 Å². The summed E-state index contributed by atoms with van der Waals surface area (Å²) >= 11 is 0. The van der Waals surface area contributed by atoms with Crippen LogP contribution >= 0.6 is 0 Å². The van der Waals surface area contributed by atoms with E-state index in [9.17, 15) is 4.79 Å². The van der Waals surface area contributed by atoms with Gasteiger partial charge in [0.1, 0.15) is 5.69 Å². The van der Waals surface area contributed by atoms with Crippen molar-refractivity contribution < 1.29 is 4.79 Å². The lowest BCUT2D eigenvalue weighted by atomic mass is 9.98. The molecule has 2 unspecified atom stereocenters. The summed E-state index contributed by atoms with van der Waals surface area (Å²) in [4.78, 5) is 15.3. The molecular weight excluding hydrogens is 286 g/mol. The van der Waals surface area contributed by atoms with Gasteiger partial charge in [-0.05, 0) is 62.9 Å². The number of nitrogens with zero attached hydrogens (tertiary/aromatic N) is 2. The molecule has 4 heteroatoms. The van der Waals surface area contributed by atoms with Gasteiger partial charge in [-0.15, -0.1) is 0 Å². The third-order valence-corrected chi connectivity index (χ3v) is 5.81. The van der Waals surface area contributed by atoms with Crippen molar-refractivity contribution in [1.29, 1.82) is 0 Å². The Labute approximate surface area is 137 Å². The van der Waals surface area contributed by atoms with Gasteiger partial charge in [-0.1, -0.05) is 13.0 Å². The molecule has 4 rings (SSSR count). The van der Waals surface area contributed by atoms with Crippen LogP contribution in [0.2, 0.25) is 0 Å². The van der Waals surface area contributed by atoms with E-state index in [1.54, 1.807) is 0 Å². The lowest BCUT2D eigenvalue weighted by Crippen LogP contribution is -2.48. The van der Waals surface area contributed by atoms with E-state index < -0.39 is 0 Å². The molecule has 2 aliphatic rings. The molecule has 0 aromatic carbocycles. The van der Waals surface area contributed by atoms with Gasteiger partial charge in [0.15, 0.2) is 0 Å². The molecule has 2 aromatic heterocycles. The molecule has 4 nitrogen and oxygen atoms in total. The summed E-state index contributed by atoms with van der Waals surface area (Å²) in [7, 11) is 2.23. The third kappa shape index (κ3) is 2.45. The highest BCUT2D eigenvalue weighted by Gasteiger charge is 2.39. The number of rotatable bonds is 3. The Morgan fingerprint density at radius 2 is 2.00 bits per heavy atom. The van der Waals surface area contributed by atoms with E-state index in [0.29, 0.717) is 18.1 Å². The number of aryl methyl sites for hydroxylation is 1. The molecule has 122 valence electrons. The van der Waals surface area contributed by atoms with Gasteiger partial charge in [0.05, 0.1) is 0 Å². The highest BCUT2D eigenvalue weighted by atomic mass is 16.2. The molecule has 0 spiro atoms. The molecular formula is C19H25N3O. The van der Waals surface area contributed by atoms with Crippen molar-refractivity contribution in [2.45, 2.75) is 57.2 Å². The normalized spacial score (nSPS) is 27.5. The minimum absolute atomic E-state index is 0.0693. The van der Waals surface area contributed by atoms with Gasteiger partial charge in [0, 0.05) is 29.8 Å². The topological polar surface area (TPSA) is 36.8 Å². The van der Waals surface area contributed by atoms with E-state index in [2.05, 4.69) is 30.3 Å². The predicted octanol–water partition coefficient (Wildman–Crippen LogP) is 2.86. The van der Waals surface area contributed by atoms with Crippen LogP contribution in [0, 0.1) is 0 Å². The van der Waals surface area contributed by atoms with Crippen molar-refractivity contribution >= 4 is 11.4 Å². The zero-order valence-corrected chi connectivity index (χ0v) is 14.0. The Balaban J connectivity index is 1.56. The van der Waals surface area contributed by atoms with Crippen LogP contribution in [-0.4, -0.2) is 40.4 Å². The molecule has 2 bridgehead atoms. The maximum absolute atomic E-state index is 12.8. The second kappa shape index (κ2) is 5.68. The summed E-state index contributed by atoms with van der Waals surface area (Å²) in [6, 6.07) is 9.77. The molecule has 0 aliphatic carbocycles. The quantitative estimate of drug-likeness (QED) is 0.946. The van der Waals surface area contributed by atoms with E-state index in [1.807, 2.05) is 28.8 Å². The summed E-state index contributed by atoms with van der Waals surface area (Å²) < 4.78 is 2.03. The van der Waals surface area contributed by atoms with Gasteiger partial charge in [0.2, 0.25) is 0 Å². The largest absolute Gasteiger partial charge is 0.348 e. The fraction of sp³-hybridized carbons (Fsp3) is 0.526. The van der Waals surface area contributed by atoms with E-state index >= 15 is 0 Å². The second-order valence-electron chi connectivity index (χ2n) is 7.06. The second-order valence-corrected chi connectivity index (χ2v) is 7.06. The summed E-state index contributed by atoms with van der Waals surface area (Å²) in [5.74, 6) is 0.0693. The van der Waals surface area contributed by atoms with E-state index in [4.69, 9.17) is 0 Å². The first-order chi connectivity index (χ1) is 11.2. The number of piperidine rings is 1. The Kier molecular flexibility index (Phi) is 3.64. The Morgan fingerprint density at radius 3 is 2.70 bits per heavy atom. The lowest BCUT2D eigenvalue weighted by molar-refractivity contribution is 0.0877. The van der Waals surface area contributed by atoms with Crippen LogP contribution in [0.4, 0.5) is 0 Å². The molecule has 0 saturated carbocycles. The molecule has 2 aliphatic heterocycles. The SMILES string of the molecule is CCc1cc(C(=O)NC2CC3CCC(C2)N3C)n2ccccc12. The van der Waals surface area contributed by atoms with Crippen molar-refractivity contribution in [3.05, 3.63) is 41.7 Å². The van der Waals surface area contributed by atoms with Crippen LogP contribution in [0.3, 0.4) is 0 Å². The first-order valence-electron chi connectivity index (χ1n) is 8.79. The Morgan fingerprint density at radius 1 is 1.26 bits per heavy atom. The van der Waals surface area contributed by atoms with Gasteiger partial charge < -0.3 is 14.6 Å². The van der Waals surface area contributed by atoms with Crippen molar-refractivity contribution in [3.63, 3.8) is 0 Å². The fourth-order valence-electron chi connectivity index (χ4n) is 4.47. The smallest absolute Gasteiger partial charge is 0.268 e. The maximum atomic E-state index is 12.8. The van der Waals surface area contributed by atoms with E-state index in [0.717, 1.165) is 30.5 Å². The van der Waals surface area contributed by atoms with Gasteiger partial charge in [0.25, 0.3) is 5.91 Å². The van der Waals surface area contributed by atoms with Crippen LogP contribution in [0.25, 0.3) is 5.52 Å². The number of carbonyl (C=O) groups is 1. The van der Waals surface area contributed by atoms with Crippen molar-refractivity contribution in [2.75, 3.05) is 7.05 Å². The number of nitrogens with one attached hydrogen (secondary N) is 1. The summed E-state index contributed by atoms with van der Waals surface area (Å²) in [5, 5.41) is 3.30. The first kappa shape index (κ1) is 14.8. The molecule has 0 radical (unpaired) electrons. The van der Waals surface area contributed by atoms with Crippen molar-refractivity contribution in [1.82, 2.24) is 14.6 Å². The van der Waals surface area contributed by atoms with Crippen LogP contribution in [0.1, 0.15) is 48.7 Å². The van der Waals surface area contributed by atoms with Gasteiger partial charge in [-0.3, -0.25) is 4.79 Å². The highest BCUT2D eigenvalue weighted by molar-refractivity contribution is 5.95. The van der Waals surface area contributed by atoms with Crippen LogP contribution in [0.15, 0.2) is 30.5 Å². The number of hydrogen-bond acceptors (Lipinski definition) is 2. The predicted molar refractivity (Wildman–Crippen MR) is 91.8 cm³/mol. The average Bonchev–Trinajstić information content (AvgIpc) is 3.01. The first-order valence-corrected chi connectivity index (χ1v) is 8.79. The number of fused-ring (bicyclic) bond motifs is 3. The van der Waals surface area contributed by atoms with Gasteiger partial charge in [-0.25, -0.2) is 0 Å². The fourth-order valence-corrected chi connectivity index (χ4v) is 4.47. The monoisotopic (exact) mass is 311 g/mol.